The van der Waals surface area contributed by atoms with E-state index in [-0.39, 0.29) is 18.5 Å². The molecule has 3 bridgehead atoms. The third kappa shape index (κ3) is 2.32. The Morgan fingerprint density at radius 1 is 1.23 bits per heavy atom. The Balaban J connectivity index is 1.81. The van der Waals surface area contributed by atoms with Crippen LogP contribution in [0.1, 0.15) is 64.4 Å². The van der Waals surface area contributed by atoms with Crippen LogP contribution in [0.2, 0.25) is 0 Å². The molecule has 2 aliphatic heterocycles. The number of nitrogens with one attached hydrogen (secondary N) is 1. The number of hydrogen-bond acceptors (Lipinski definition) is 9. The number of H-pyrrole nitrogens is 1. The zero-order chi connectivity index (χ0) is 26.0. The van der Waals surface area contributed by atoms with Crippen molar-refractivity contribution in [3.8, 4) is 0 Å². The van der Waals surface area contributed by atoms with Crippen LogP contribution in [-0.2, 0) is 19.1 Å². The van der Waals surface area contributed by atoms with Crippen molar-refractivity contribution in [1.82, 2.24) is 4.98 Å². The maximum Gasteiger partial charge on any atom is 0.355 e. The Bertz CT molecular complexity index is 1120. The van der Waals surface area contributed by atoms with Crippen LogP contribution >= 0.6 is 0 Å². The predicted molar refractivity (Wildman–Crippen MR) is 119 cm³/mol. The molecule has 4 fully saturated rings. The average molecular weight is 492 g/mol. The number of ether oxygens (including phenoxy) is 2. The summed E-state index contributed by atoms with van der Waals surface area (Å²) in [6.45, 7) is 7.45. The maximum atomic E-state index is 14.4. The van der Waals surface area contributed by atoms with Gasteiger partial charge < -0.3 is 34.9 Å². The number of aliphatic hydroxyl groups is 4. The van der Waals surface area contributed by atoms with E-state index in [1.165, 1.54) is 26.1 Å². The fourth-order valence-corrected chi connectivity index (χ4v) is 7.57. The van der Waals surface area contributed by atoms with E-state index in [0.717, 1.165) is 0 Å². The first-order valence-electron chi connectivity index (χ1n) is 12.1. The SMILES string of the molecule is CC(C)[C@@]1(O)[C@@H](OC(=O)c2ccc[nH]2)C(=O)[C@@]2(C)C[C@]3(O)O[C@]4(C(=O)[C@@]13C)[C@H](O)[C@@H](C)CC[C@@]42O. The molecular weight excluding hydrogens is 458 g/mol. The molecule has 0 unspecified atom stereocenters. The van der Waals surface area contributed by atoms with E-state index < -0.39 is 81.4 Å². The molecule has 0 aromatic carbocycles. The zero-order valence-electron chi connectivity index (χ0n) is 20.5. The van der Waals surface area contributed by atoms with Crippen LogP contribution in [0.3, 0.4) is 0 Å². The minimum absolute atomic E-state index is 0.0244. The van der Waals surface area contributed by atoms with Gasteiger partial charge in [-0.25, -0.2) is 4.79 Å². The summed E-state index contributed by atoms with van der Waals surface area (Å²) in [5.74, 6) is -6.48. The minimum Gasteiger partial charge on any atom is -0.446 e. The van der Waals surface area contributed by atoms with Crippen molar-refractivity contribution < 1.29 is 44.3 Å². The molecule has 1 aromatic rings. The number of aromatic amines is 1. The number of aliphatic hydroxyl groups excluding tert-OH is 1. The van der Waals surface area contributed by atoms with Crippen LogP contribution in [0.15, 0.2) is 18.3 Å². The van der Waals surface area contributed by atoms with E-state index in [1.807, 2.05) is 0 Å². The monoisotopic (exact) mass is 491 g/mol. The topological polar surface area (TPSA) is 166 Å². The lowest BCUT2D eigenvalue weighted by molar-refractivity contribution is -0.383. The molecule has 3 heterocycles. The molecule has 2 saturated heterocycles. The van der Waals surface area contributed by atoms with Gasteiger partial charge in [0.1, 0.15) is 22.3 Å². The fraction of sp³-hybridized carbons (Fsp3) is 0.720. The van der Waals surface area contributed by atoms with E-state index in [9.17, 15) is 34.8 Å². The standard InChI is InChI=1S/C25H33NO9/c1-12(2)24(33)17(34-18(29)14-7-6-10-26-14)16(28)20(4)11-23(32)21(24,5)19(30)25(35-23)15(27)13(3)8-9-22(20,25)31/h6-7,10,12-13,15,17,26-27,31-33H,8-9,11H2,1-5H3/t13-,15+,17-,20+,21+,22-,23-,24+,25-/m0/s1. The molecule has 1 aromatic heterocycles. The van der Waals surface area contributed by atoms with E-state index >= 15 is 0 Å². The summed E-state index contributed by atoms with van der Waals surface area (Å²) in [5.41, 5.74) is -11.1. The van der Waals surface area contributed by atoms with Crippen molar-refractivity contribution in [2.75, 3.05) is 0 Å². The molecule has 9 atom stereocenters. The van der Waals surface area contributed by atoms with Crippen molar-refractivity contribution in [1.29, 1.82) is 0 Å². The molecule has 2 aliphatic carbocycles. The maximum absolute atomic E-state index is 14.4. The number of esters is 1. The quantitative estimate of drug-likeness (QED) is 0.378. The van der Waals surface area contributed by atoms with E-state index in [1.54, 1.807) is 26.8 Å². The van der Waals surface area contributed by atoms with Gasteiger partial charge in [-0.05, 0) is 50.7 Å². The first-order valence-corrected chi connectivity index (χ1v) is 12.1. The van der Waals surface area contributed by atoms with E-state index in [2.05, 4.69) is 4.98 Å². The Morgan fingerprint density at radius 2 is 1.89 bits per heavy atom. The van der Waals surface area contributed by atoms with Gasteiger partial charge >= 0.3 is 5.97 Å². The number of carbonyl (C=O) groups excluding carboxylic acids is 3. The number of rotatable bonds is 3. The second kappa shape index (κ2) is 6.80. The van der Waals surface area contributed by atoms with Crippen molar-refractivity contribution in [3.63, 3.8) is 0 Å². The van der Waals surface area contributed by atoms with E-state index in [0.29, 0.717) is 0 Å². The van der Waals surface area contributed by atoms with Gasteiger partial charge in [0.25, 0.3) is 0 Å². The first kappa shape index (κ1) is 24.6. The molecule has 10 nitrogen and oxygen atoms in total. The Kier molecular flexibility index (Phi) is 4.78. The Labute approximate surface area is 202 Å². The molecule has 192 valence electrons. The van der Waals surface area contributed by atoms with Gasteiger partial charge in [0, 0.05) is 12.6 Å². The normalized spacial score (nSPS) is 50.9. The van der Waals surface area contributed by atoms with Crippen molar-refractivity contribution in [2.45, 2.75) is 88.7 Å². The largest absolute Gasteiger partial charge is 0.446 e. The number of fused-ring (bicyclic) bond motifs is 2. The lowest BCUT2D eigenvalue weighted by Gasteiger charge is -2.61. The van der Waals surface area contributed by atoms with Crippen molar-refractivity contribution in [2.24, 2.45) is 22.7 Å². The van der Waals surface area contributed by atoms with Crippen LogP contribution in [0.5, 0.6) is 0 Å². The summed E-state index contributed by atoms with van der Waals surface area (Å²) >= 11 is 0. The zero-order valence-corrected chi connectivity index (χ0v) is 20.5. The third-order valence-corrected chi connectivity index (χ3v) is 9.85. The molecule has 10 heteroatoms. The third-order valence-electron chi connectivity index (χ3n) is 9.85. The second-order valence-corrected chi connectivity index (χ2v) is 11.6. The van der Waals surface area contributed by atoms with Gasteiger partial charge in [0.15, 0.2) is 29.1 Å². The van der Waals surface area contributed by atoms with E-state index in [4.69, 9.17) is 9.47 Å². The molecule has 5 N–H and O–H groups in total. The molecule has 5 rings (SSSR count). The highest BCUT2D eigenvalue weighted by Gasteiger charge is 2.92. The van der Waals surface area contributed by atoms with Crippen LogP contribution in [0.4, 0.5) is 0 Å². The molecule has 2 saturated carbocycles. The lowest BCUT2D eigenvalue weighted by Crippen LogP contribution is -2.80. The number of Topliss-reactive ketones (excluding diaryl/α,β-unsaturated/α-hetero) is 2. The predicted octanol–water partition coefficient (Wildman–Crippen LogP) is 0.475. The smallest absolute Gasteiger partial charge is 0.355 e. The van der Waals surface area contributed by atoms with Gasteiger partial charge in [0.05, 0.1) is 11.5 Å². The highest BCUT2D eigenvalue weighted by Crippen LogP contribution is 2.73. The summed E-state index contributed by atoms with van der Waals surface area (Å²) in [7, 11) is 0. The minimum atomic E-state index is -2.43. The summed E-state index contributed by atoms with van der Waals surface area (Å²) in [6.07, 6.45) is -2.26. The average Bonchev–Trinajstić information content (AvgIpc) is 3.38. The molecule has 0 amide bonds. The van der Waals surface area contributed by atoms with Gasteiger partial charge in [0.2, 0.25) is 0 Å². The van der Waals surface area contributed by atoms with Gasteiger partial charge in [-0.2, -0.15) is 0 Å². The lowest BCUT2D eigenvalue weighted by atomic mass is 9.48. The molecule has 0 radical (unpaired) electrons. The molecular formula is C25H33NO9. The summed E-state index contributed by atoms with van der Waals surface area (Å²) in [6, 6.07) is 2.99. The highest BCUT2D eigenvalue weighted by atomic mass is 16.7. The van der Waals surface area contributed by atoms with Crippen molar-refractivity contribution >= 4 is 17.5 Å². The highest BCUT2D eigenvalue weighted by molar-refractivity contribution is 6.06. The Morgan fingerprint density at radius 3 is 2.46 bits per heavy atom. The molecule has 1 spiro atoms. The van der Waals surface area contributed by atoms with Gasteiger partial charge in [-0.15, -0.1) is 0 Å². The second-order valence-electron chi connectivity index (χ2n) is 11.6. The summed E-state index contributed by atoms with van der Waals surface area (Å²) in [5, 5.41) is 47.8. The van der Waals surface area contributed by atoms with Crippen LogP contribution < -0.4 is 0 Å². The van der Waals surface area contributed by atoms with Crippen molar-refractivity contribution in [3.05, 3.63) is 24.0 Å². The van der Waals surface area contributed by atoms with Gasteiger partial charge in [-0.3, -0.25) is 9.59 Å². The van der Waals surface area contributed by atoms with Crippen LogP contribution in [-0.4, -0.2) is 77.7 Å². The number of ketones is 2. The van der Waals surface area contributed by atoms with Crippen LogP contribution in [0, 0.1) is 22.7 Å². The van der Waals surface area contributed by atoms with Crippen LogP contribution in [0.25, 0.3) is 0 Å². The first-order chi connectivity index (χ1) is 16.1. The summed E-state index contributed by atoms with van der Waals surface area (Å²) in [4.78, 5) is 44.5. The summed E-state index contributed by atoms with van der Waals surface area (Å²) < 4.78 is 11.7. The van der Waals surface area contributed by atoms with Gasteiger partial charge in [-0.1, -0.05) is 20.8 Å². The number of carbonyl (C=O) groups is 3. The fourth-order valence-electron chi connectivity index (χ4n) is 7.57. The number of aromatic nitrogens is 1. The molecule has 35 heavy (non-hydrogen) atoms. The number of hydrogen-bond donors (Lipinski definition) is 5. The Hall–Kier alpha value is -2.11. The molecule has 4 aliphatic rings.